The van der Waals surface area contributed by atoms with Crippen molar-refractivity contribution in [3.05, 3.63) is 65.7 Å². The first-order valence-corrected chi connectivity index (χ1v) is 10.1. The van der Waals surface area contributed by atoms with Gasteiger partial charge >= 0.3 is 11.9 Å². The Bertz CT molecular complexity index is 942. The highest BCUT2D eigenvalue weighted by Gasteiger charge is 2.60. The third-order valence-corrected chi connectivity index (χ3v) is 5.40. The Labute approximate surface area is 181 Å². The molecule has 0 N–H and O–H groups in total. The van der Waals surface area contributed by atoms with Crippen LogP contribution in [0, 0.1) is 0 Å². The van der Waals surface area contributed by atoms with Crippen molar-refractivity contribution in [2.75, 3.05) is 7.05 Å². The molecule has 0 aromatic heterocycles. The number of esters is 2. The maximum absolute atomic E-state index is 12.9. The molecule has 3 rings (SSSR count). The van der Waals surface area contributed by atoms with Crippen LogP contribution in [-0.4, -0.2) is 47.5 Å². The number of likely N-dealkylation sites (tertiary alicyclic amines) is 1. The molecule has 31 heavy (non-hydrogen) atoms. The van der Waals surface area contributed by atoms with Crippen LogP contribution >= 0.6 is 0 Å². The number of amides is 1. The van der Waals surface area contributed by atoms with Crippen LogP contribution < -0.4 is 4.74 Å². The summed E-state index contributed by atoms with van der Waals surface area (Å²) < 4.78 is 16.6. The van der Waals surface area contributed by atoms with Gasteiger partial charge in [0.25, 0.3) is 5.91 Å². The monoisotopic (exact) mass is 425 g/mol. The number of ether oxygens (including phenoxy) is 3. The lowest BCUT2D eigenvalue weighted by atomic mass is 9.93. The van der Waals surface area contributed by atoms with Crippen LogP contribution in [0.3, 0.4) is 0 Å². The van der Waals surface area contributed by atoms with Crippen LogP contribution in [-0.2, 0) is 36.9 Å². The third-order valence-electron chi connectivity index (χ3n) is 5.40. The van der Waals surface area contributed by atoms with Crippen molar-refractivity contribution in [3.63, 3.8) is 0 Å². The maximum Gasteiger partial charge on any atom is 0.303 e. The van der Waals surface area contributed by atoms with Gasteiger partial charge in [0.05, 0.1) is 6.04 Å². The van der Waals surface area contributed by atoms with Gasteiger partial charge in [-0.15, -0.1) is 0 Å². The molecule has 0 saturated carbocycles. The van der Waals surface area contributed by atoms with Gasteiger partial charge in [0.2, 0.25) is 5.60 Å². The molecule has 0 unspecified atom stereocenters. The average Bonchev–Trinajstić information content (AvgIpc) is 2.89. The Kier molecular flexibility index (Phi) is 6.63. The van der Waals surface area contributed by atoms with Gasteiger partial charge in [-0.1, -0.05) is 42.5 Å². The van der Waals surface area contributed by atoms with Gasteiger partial charge in [-0.05, 0) is 36.6 Å². The molecule has 1 amide bonds. The molecule has 0 radical (unpaired) electrons. The fourth-order valence-corrected chi connectivity index (χ4v) is 3.91. The lowest BCUT2D eigenvalue weighted by molar-refractivity contribution is -0.180. The highest BCUT2D eigenvalue weighted by atomic mass is 16.6. The Morgan fingerprint density at radius 3 is 2.19 bits per heavy atom. The van der Waals surface area contributed by atoms with Crippen molar-refractivity contribution in [1.82, 2.24) is 4.90 Å². The van der Waals surface area contributed by atoms with Crippen LogP contribution in [0.15, 0.2) is 54.6 Å². The minimum atomic E-state index is -1.56. The minimum absolute atomic E-state index is 0.401. The van der Waals surface area contributed by atoms with E-state index in [0.29, 0.717) is 13.0 Å². The Balaban J connectivity index is 1.74. The van der Waals surface area contributed by atoms with Crippen LogP contribution in [0.25, 0.3) is 0 Å². The van der Waals surface area contributed by atoms with E-state index in [9.17, 15) is 14.4 Å². The SMILES string of the molecule is CC(=O)O[C@H]1[C@@H](Cc2ccc(OCc3ccccc3)cc2)N(C)C(=O)[C@@]1(C)OC(C)=O. The van der Waals surface area contributed by atoms with Gasteiger partial charge in [-0.2, -0.15) is 0 Å². The first-order chi connectivity index (χ1) is 14.7. The molecular weight excluding hydrogens is 398 g/mol. The molecule has 1 fully saturated rings. The van der Waals surface area contributed by atoms with Gasteiger partial charge in [0, 0.05) is 20.9 Å². The largest absolute Gasteiger partial charge is 0.489 e. The molecule has 2 aromatic carbocycles. The smallest absolute Gasteiger partial charge is 0.303 e. The second kappa shape index (κ2) is 9.20. The summed E-state index contributed by atoms with van der Waals surface area (Å²) in [6.45, 7) is 4.45. The fraction of sp³-hybridized carbons (Fsp3) is 0.375. The quantitative estimate of drug-likeness (QED) is 0.635. The average molecular weight is 425 g/mol. The van der Waals surface area contributed by atoms with E-state index in [0.717, 1.165) is 16.9 Å². The molecule has 164 valence electrons. The van der Waals surface area contributed by atoms with E-state index in [-0.39, 0.29) is 0 Å². The van der Waals surface area contributed by atoms with Crippen molar-refractivity contribution in [2.24, 2.45) is 0 Å². The number of rotatable bonds is 7. The molecule has 7 nitrogen and oxygen atoms in total. The molecule has 0 aliphatic carbocycles. The Morgan fingerprint density at radius 1 is 0.968 bits per heavy atom. The maximum atomic E-state index is 12.9. The molecule has 1 aliphatic heterocycles. The number of carbonyl (C=O) groups excluding carboxylic acids is 3. The Hall–Kier alpha value is -3.35. The second-order valence-electron chi connectivity index (χ2n) is 7.84. The number of hydrogen-bond donors (Lipinski definition) is 0. The zero-order chi connectivity index (χ0) is 22.6. The zero-order valence-electron chi connectivity index (χ0n) is 18.2. The molecular formula is C24H27NO6. The van der Waals surface area contributed by atoms with E-state index in [4.69, 9.17) is 14.2 Å². The van der Waals surface area contributed by atoms with E-state index in [2.05, 4.69) is 0 Å². The van der Waals surface area contributed by atoms with E-state index in [1.807, 2.05) is 54.6 Å². The minimum Gasteiger partial charge on any atom is -0.489 e. The molecule has 1 heterocycles. The molecule has 3 atom stereocenters. The van der Waals surface area contributed by atoms with E-state index in [1.54, 1.807) is 7.05 Å². The lowest BCUT2D eigenvalue weighted by Gasteiger charge is -2.29. The van der Waals surface area contributed by atoms with Gasteiger partial charge in [-0.25, -0.2) is 0 Å². The van der Waals surface area contributed by atoms with Crippen molar-refractivity contribution in [2.45, 2.75) is 51.5 Å². The van der Waals surface area contributed by atoms with Crippen LogP contribution in [0.2, 0.25) is 0 Å². The number of likely N-dealkylation sites (N-methyl/N-ethyl adjacent to an activating group) is 1. The van der Waals surface area contributed by atoms with Gasteiger partial charge < -0.3 is 19.1 Å². The first-order valence-electron chi connectivity index (χ1n) is 10.1. The topological polar surface area (TPSA) is 82.1 Å². The summed E-state index contributed by atoms with van der Waals surface area (Å²) >= 11 is 0. The normalized spacial score (nSPS) is 22.8. The predicted molar refractivity (Wildman–Crippen MR) is 113 cm³/mol. The molecule has 2 aromatic rings. The molecule has 0 bridgehead atoms. The zero-order valence-corrected chi connectivity index (χ0v) is 18.2. The molecule has 0 spiro atoms. The van der Waals surface area contributed by atoms with Gasteiger partial charge in [0.1, 0.15) is 12.4 Å². The summed E-state index contributed by atoms with van der Waals surface area (Å²) in [5.74, 6) is -0.824. The number of nitrogens with zero attached hydrogens (tertiary/aromatic N) is 1. The van der Waals surface area contributed by atoms with Crippen molar-refractivity contribution >= 4 is 17.8 Å². The predicted octanol–water partition coefficient (Wildman–Crippen LogP) is 2.90. The fourth-order valence-electron chi connectivity index (χ4n) is 3.91. The van der Waals surface area contributed by atoms with E-state index < -0.39 is 35.6 Å². The third kappa shape index (κ3) is 5.05. The first kappa shape index (κ1) is 22.3. The summed E-state index contributed by atoms with van der Waals surface area (Å²) in [5, 5.41) is 0. The summed E-state index contributed by atoms with van der Waals surface area (Å²) in [6.07, 6.45) is -0.490. The number of benzene rings is 2. The standard InChI is InChI=1S/C24H27NO6/c1-16(26)30-22-21(25(4)23(28)24(22,3)31-17(2)27)14-18-10-12-20(13-11-18)29-15-19-8-6-5-7-9-19/h5-13,21-22H,14-15H2,1-4H3/t21-,22+,24+/m1/s1. The Morgan fingerprint density at radius 2 is 1.61 bits per heavy atom. The van der Waals surface area contributed by atoms with Gasteiger partial charge in [-0.3, -0.25) is 14.4 Å². The van der Waals surface area contributed by atoms with E-state index >= 15 is 0 Å². The highest BCUT2D eigenvalue weighted by Crippen LogP contribution is 2.35. The summed E-state index contributed by atoms with van der Waals surface area (Å²) in [6, 6.07) is 16.9. The van der Waals surface area contributed by atoms with Crippen LogP contribution in [0.1, 0.15) is 31.9 Å². The molecule has 1 aliphatic rings. The van der Waals surface area contributed by atoms with E-state index in [1.165, 1.54) is 25.7 Å². The highest BCUT2D eigenvalue weighted by molar-refractivity contribution is 5.91. The molecule has 7 heteroatoms. The van der Waals surface area contributed by atoms with Crippen LogP contribution in [0.5, 0.6) is 5.75 Å². The van der Waals surface area contributed by atoms with Crippen molar-refractivity contribution < 1.29 is 28.6 Å². The second-order valence-corrected chi connectivity index (χ2v) is 7.84. The lowest BCUT2D eigenvalue weighted by Crippen LogP contribution is -2.49. The number of carbonyl (C=O) groups is 3. The van der Waals surface area contributed by atoms with Crippen molar-refractivity contribution in [3.8, 4) is 5.75 Å². The van der Waals surface area contributed by atoms with Crippen molar-refractivity contribution in [1.29, 1.82) is 0 Å². The summed E-state index contributed by atoms with van der Waals surface area (Å²) in [7, 11) is 1.62. The summed E-state index contributed by atoms with van der Waals surface area (Å²) in [4.78, 5) is 37.7. The molecule has 1 saturated heterocycles. The van der Waals surface area contributed by atoms with Gasteiger partial charge in [0.15, 0.2) is 6.10 Å². The van der Waals surface area contributed by atoms with Crippen LogP contribution in [0.4, 0.5) is 0 Å². The summed E-state index contributed by atoms with van der Waals surface area (Å²) in [5.41, 5.74) is 0.447. The number of hydrogen-bond acceptors (Lipinski definition) is 6.